The Kier molecular flexibility index (Phi) is 2.45. The van der Waals surface area contributed by atoms with E-state index in [-0.39, 0.29) is 0 Å². The summed E-state index contributed by atoms with van der Waals surface area (Å²) in [5.74, 6) is 0.706. The number of carbonyl (C=O) groups is 1. The molecule has 0 aliphatic rings. The lowest BCUT2D eigenvalue weighted by molar-refractivity contribution is 0.112. The number of nitrogens with zero attached hydrogens (tertiary/aromatic N) is 1. The highest BCUT2D eigenvalue weighted by atomic mass is 16.5. The first-order chi connectivity index (χ1) is 8.78. The number of hydrogen-bond acceptors (Lipinski definition) is 3. The molecule has 3 heteroatoms. The van der Waals surface area contributed by atoms with Crippen molar-refractivity contribution < 1.29 is 9.32 Å². The number of aromatic nitrogens is 1. The van der Waals surface area contributed by atoms with Gasteiger partial charge in [-0.25, -0.2) is 0 Å². The van der Waals surface area contributed by atoms with Crippen LogP contribution in [0.5, 0.6) is 0 Å². The zero-order valence-corrected chi connectivity index (χ0v) is 9.88. The molecular formula is C15H11NO2. The van der Waals surface area contributed by atoms with Crippen molar-refractivity contribution in [1.82, 2.24) is 5.16 Å². The second-order valence-electron chi connectivity index (χ2n) is 4.28. The molecular weight excluding hydrogens is 226 g/mol. The van der Waals surface area contributed by atoms with Gasteiger partial charge in [0.25, 0.3) is 0 Å². The molecule has 0 amide bonds. The number of benzene rings is 2. The third kappa shape index (κ3) is 1.70. The van der Waals surface area contributed by atoms with E-state index in [1.165, 1.54) is 0 Å². The summed E-state index contributed by atoms with van der Waals surface area (Å²) in [5, 5.41) is 5.00. The first kappa shape index (κ1) is 10.7. The van der Waals surface area contributed by atoms with Crippen molar-refractivity contribution in [2.75, 3.05) is 0 Å². The number of aryl methyl sites for hydroxylation is 1. The van der Waals surface area contributed by atoms with Gasteiger partial charge in [0.15, 0.2) is 5.76 Å². The minimum Gasteiger partial charge on any atom is -0.355 e. The SMILES string of the molecule is Cc1ccc2noc(-c3cccc(C=O)c3)c2c1. The first-order valence-electron chi connectivity index (χ1n) is 5.69. The van der Waals surface area contributed by atoms with E-state index in [4.69, 9.17) is 4.52 Å². The van der Waals surface area contributed by atoms with Crippen molar-refractivity contribution in [3.63, 3.8) is 0 Å². The van der Waals surface area contributed by atoms with Crippen molar-refractivity contribution in [2.45, 2.75) is 6.92 Å². The summed E-state index contributed by atoms with van der Waals surface area (Å²) >= 11 is 0. The van der Waals surface area contributed by atoms with E-state index in [1.54, 1.807) is 12.1 Å². The molecule has 18 heavy (non-hydrogen) atoms. The fourth-order valence-electron chi connectivity index (χ4n) is 2.02. The lowest BCUT2D eigenvalue weighted by atomic mass is 10.1. The van der Waals surface area contributed by atoms with Gasteiger partial charge in [-0.3, -0.25) is 4.79 Å². The highest BCUT2D eigenvalue weighted by molar-refractivity contribution is 5.92. The Morgan fingerprint density at radius 1 is 1.17 bits per heavy atom. The van der Waals surface area contributed by atoms with Crippen LogP contribution in [0, 0.1) is 6.92 Å². The average Bonchev–Trinajstić information content (AvgIpc) is 2.81. The normalized spacial score (nSPS) is 10.7. The maximum absolute atomic E-state index is 10.8. The van der Waals surface area contributed by atoms with Crippen LogP contribution in [-0.4, -0.2) is 11.4 Å². The van der Waals surface area contributed by atoms with Crippen molar-refractivity contribution in [3.05, 3.63) is 53.6 Å². The molecule has 3 aromatic rings. The molecule has 0 atom stereocenters. The van der Waals surface area contributed by atoms with E-state index < -0.39 is 0 Å². The van der Waals surface area contributed by atoms with Gasteiger partial charge in [0.05, 0.1) is 0 Å². The fraction of sp³-hybridized carbons (Fsp3) is 0.0667. The monoisotopic (exact) mass is 237 g/mol. The highest BCUT2D eigenvalue weighted by Gasteiger charge is 2.10. The van der Waals surface area contributed by atoms with Gasteiger partial charge in [0, 0.05) is 16.5 Å². The van der Waals surface area contributed by atoms with Crippen LogP contribution in [-0.2, 0) is 0 Å². The summed E-state index contributed by atoms with van der Waals surface area (Å²) in [4.78, 5) is 10.8. The van der Waals surface area contributed by atoms with Gasteiger partial charge in [-0.2, -0.15) is 0 Å². The van der Waals surface area contributed by atoms with Gasteiger partial charge in [-0.1, -0.05) is 35.0 Å². The number of hydrogen-bond donors (Lipinski definition) is 0. The van der Waals surface area contributed by atoms with Gasteiger partial charge in [0.2, 0.25) is 0 Å². The van der Waals surface area contributed by atoms with Crippen LogP contribution in [0.2, 0.25) is 0 Å². The molecule has 0 bridgehead atoms. The Balaban J connectivity index is 2.24. The van der Waals surface area contributed by atoms with E-state index in [0.29, 0.717) is 11.3 Å². The molecule has 0 aliphatic heterocycles. The maximum Gasteiger partial charge on any atom is 0.174 e. The van der Waals surface area contributed by atoms with Gasteiger partial charge >= 0.3 is 0 Å². The summed E-state index contributed by atoms with van der Waals surface area (Å²) < 4.78 is 5.39. The van der Waals surface area contributed by atoms with Crippen LogP contribution in [0.25, 0.3) is 22.2 Å². The molecule has 2 aromatic carbocycles. The van der Waals surface area contributed by atoms with E-state index >= 15 is 0 Å². The van der Waals surface area contributed by atoms with E-state index in [0.717, 1.165) is 28.3 Å². The van der Waals surface area contributed by atoms with Crippen molar-refractivity contribution in [3.8, 4) is 11.3 Å². The maximum atomic E-state index is 10.8. The number of fused-ring (bicyclic) bond motifs is 1. The molecule has 0 unspecified atom stereocenters. The van der Waals surface area contributed by atoms with Gasteiger partial charge in [0.1, 0.15) is 11.8 Å². The summed E-state index contributed by atoms with van der Waals surface area (Å²) in [7, 11) is 0. The van der Waals surface area contributed by atoms with Crippen LogP contribution in [0.3, 0.4) is 0 Å². The zero-order valence-electron chi connectivity index (χ0n) is 9.88. The van der Waals surface area contributed by atoms with Crippen molar-refractivity contribution in [2.24, 2.45) is 0 Å². The zero-order chi connectivity index (χ0) is 12.5. The minimum absolute atomic E-state index is 0.629. The number of rotatable bonds is 2. The second kappa shape index (κ2) is 4.11. The molecule has 0 N–H and O–H groups in total. The second-order valence-corrected chi connectivity index (χ2v) is 4.28. The largest absolute Gasteiger partial charge is 0.355 e. The molecule has 0 radical (unpaired) electrons. The Labute approximate surface area is 104 Å². The molecule has 1 heterocycles. The van der Waals surface area contributed by atoms with Crippen LogP contribution < -0.4 is 0 Å². The lowest BCUT2D eigenvalue weighted by Gasteiger charge is -1.98. The van der Waals surface area contributed by atoms with Crippen molar-refractivity contribution in [1.29, 1.82) is 0 Å². The lowest BCUT2D eigenvalue weighted by Crippen LogP contribution is -1.81. The molecule has 3 rings (SSSR count). The summed E-state index contributed by atoms with van der Waals surface area (Å²) in [6.07, 6.45) is 0.827. The molecule has 0 saturated heterocycles. The molecule has 0 spiro atoms. The Hall–Kier alpha value is -2.42. The smallest absolute Gasteiger partial charge is 0.174 e. The molecule has 1 aromatic heterocycles. The van der Waals surface area contributed by atoms with E-state index in [9.17, 15) is 4.79 Å². The van der Waals surface area contributed by atoms with Gasteiger partial charge in [-0.05, 0) is 25.1 Å². The topological polar surface area (TPSA) is 43.1 Å². The van der Waals surface area contributed by atoms with Crippen LogP contribution in [0.15, 0.2) is 47.0 Å². The quantitative estimate of drug-likeness (QED) is 0.639. The number of carbonyl (C=O) groups excluding carboxylic acids is 1. The number of aldehydes is 1. The van der Waals surface area contributed by atoms with Crippen LogP contribution in [0.1, 0.15) is 15.9 Å². The Morgan fingerprint density at radius 2 is 2.06 bits per heavy atom. The minimum atomic E-state index is 0.629. The van der Waals surface area contributed by atoms with Gasteiger partial charge < -0.3 is 4.52 Å². The molecule has 0 aliphatic carbocycles. The standard InChI is InChI=1S/C15H11NO2/c1-10-5-6-14-13(7-10)15(18-16-14)12-4-2-3-11(8-12)9-17/h2-9H,1H3. The Bertz CT molecular complexity index is 728. The summed E-state index contributed by atoms with van der Waals surface area (Å²) in [6.45, 7) is 2.03. The molecule has 0 saturated carbocycles. The summed E-state index contributed by atoms with van der Waals surface area (Å²) in [5.41, 5.74) is 3.48. The molecule has 0 fully saturated rings. The molecule has 88 valence electrons. The van der Waals surface area contributed by atoms with Gasteiger partial charge in [-0.15, -0.1) is 0 Å². The predicted octanol–water partition coefficient (Wildman–Crippen LogP) is 3.62. The Morgan fingerprint density at radius 3 is 2.89 bits per heavy atom. The molecule has 3 nitrogen and oxygen atoms in total. The predicted molar refractivity (Wildman–Crippen MR) is 69.6 cm³/mol. The average molecular weight is 237 g/mol. The third-order valence-corrected chi connectivity index (χ3v) is 2.92. The summed E-state index contributed by atoms with van der Waals surface area (Å²) in [6, 6.07) is 13.3. The van der Waals surface area contributed by atoms with E-state index in [2.05, 4.69) is 5.16 Å². The third-order valence-electron chi connectivity index (χ3n) is 2.92. The first-order valence-corrected chi connectivity index (χ1v) is 5.69. The highest BCUT2D eigenvalue weighted by Crippen LogP contribution is 2.29. The van der Waals surface area contributed by atoms with Crippen LogP contribution >= 0.6 is 0 Å². The van der Waals surface area contributed by atoms with Crippen molar-refractivity contribution >= 4 is 17.2 Å². The van der Waals surface area contributed by atoms with Crippen LogP contribution in [0.4, 0.5) is 0 Å². The van der Waals surface area contributed by atoms with E-state index in [1.807, 2.05) is 37.3 Å². The fourth-order valence-corrected chi connectivity index (χ4v) is 2.02.